The van der Waals surface area contributed by atoms with Crippen molar-refractivity contribution in [2.24, 2.45) is 0 Å². The van der Waals surface area contributed by atoms with Gasteiger partial charge in [-0.3, -0.25) is 0 Å². The van der Waals surface area contributed by atoms with E-state index in [0.29, 0.717) is 0 Å². The van der Waals surface area contributed by atoms with Gasteiger partial charge in [0.15, 0.2) is 0 Å². The number of aryl methyl sites for hydroxylation is 1. The van der Waals surface area contributed by atoms with Crippen LogP contribution in [0.3, 0.4) is 0 Å². The first-order chi connectivity index (χ1) is 7.58. The molecule has 2 heteroatoms. The lowest BCUT2D eigenvalue weighted by Gasteiger charge is -2.34. The molecule has 1 aliphatic rings. The van der Waals surface area contributed by atoms with Crippen LogP contribution in [0.1, 0.15) is 44.7 Å². The van der Waals surface area contributed by atoms with Gasteiger partial charge < -0.3 is 5.32 Å². The molecular weight excluding hydrogens is 230 g/mol. The standard InChI is InChI=1S/C15H21N.ClH/c1-5-12-10-15(4,6-2)16-14-9-11(3)7-8-13(12)14;/h7-10,16H,5-6H2,1-4H3;1H. The highest BCUT2D eigenvalue weighted by molar-refractivity contribution is 5.85. The summed E-state index contributed by atoms with van der Waals surface area (Å²) in [7, 11) is 0. The fourth-order valence-corrected chi connectivity index (χ4v) is 2.33. The molecule has 0 radical (unpaired) electrons. The molecule has 1 nitrogen and oxygen atoms in total. The van der Waals surface area contributed by atoms with Crippen molar-refractivity contribution in [2.75, 3.05) is 5.32 Å². The quantitative estimate of drug-likeness (QED) is 0.796. The van der Waals surface area contributed by atoms with Crippen LogP contribution in [0.25, 0.3) is 5.57 Å². The second-order valence-electron chi connectivity index (χ2n) is 4.97. The Labute approximate surface area is 111 Å². The predicted molar refractivity (Wildman–Crippen MR) is 79.0 cm³/mol. The zero-order valence-electron chi connectivity index (χ0n) is 11.1. The number of allylic oxidation sites excluding steroid dienone is 1. The van der Waals surface area contributed by atoms with E-state index in [4.69, 9.17) is 0 Å². The molecule has 0 saturated heterocycles. The van der Waals surface area contributed by atoms with Gasteiger partial charge in [-0.15, -0.1) is 12.4 Å². The fraction of sp³-hybridized carbons (Fsp3) is 0.467. The Morgan fingerprint density at radius 2 is 1.94 bits per heavy atom. The molecule has 1 heterocycles. The van der Waals surface area contributed by atoms with Crippen molar-refractivity contribution < 1.29 is 0 Å². The Hall–Kier alpha value is -0.950. The molecular formula is C15H22ClN. The van der Waals surface area contributed by atoms with E-state index in [1.54, 1.807) is 0 Å². The molecule has 94 valence electrons. The molecule has 0 fully saturated rings. The molecule has 0 aromatic heterocycles. The van der Waals surface area contributed by atoms with E-state index in [2.05, 4.69) is 57.3 Å². The van der Waals surface area contributed by atoms with Crippen LogP contribution < -0.4 is 5.32 Å². The van der Waals surface area contributed by atoms with E-state index in [1.165, 1.54) is 22.4 Å². The number of rotatable bonds is 2. The zero-order chi connectivity index (χ0) is 11.8. The van der Waals surface area contributed by atoms with Crippen LogP contribution in [0.2, 0.25) is 0 Å². The van der Waals surface area contributed by atoms with E-state index >= 15 is 0 Å². The Kier molecular flexibility index (Phi) is 4.26. The summed E-state index contributed by atoms with van der Waals surface area (Å²) in [5, 5.41) is 3.65. The molecule has 0 aliphatic carbocycles. The Bertz CT molecular complexity index is 437. The number of nitrogens with one attached hydrogen (secondary N) is 1. The second kappa shape index (κ2) is 5.14. The Morgan fingerprint density at radius 3 is 2.53 bits per heavy atom. The van der Waals surface area contributed by atoms with E-state index in [-0.39, 0.29) is 17.9 Å². The lowest BCUT2D eigenvalue weighted by molar-refractivity contribution is 0.607. The summed E-state index contributed by atoms with van der Waals surface area (Å²) < 4.78 is 0. The normalized spacial score (nSPS) is 22.0. The third-order valence-corrected chi connectivity index (χ3v) is 3.55. The average Bonchev–Trinajstić information content (AvgIpc) is 2.27. The van der Waals surface area contributed by atoms with E-state index in [1.807, 2.05) is 0 Å². The van der Waals surface area contributed by atoms with Gasteiger partial charge in [-0.05, 0) is 43.9 Å². The highest BCUT2D eigenvalue weighted by Gasteiger charge is 2.25. The molecule has 1 N–H and O–H groups in total. The Morgan fingerprint density at radius 1 is 1.24 bits per heavy atom. The zero-order valence-corrected chi connectivity index (χ0v) is 11.9. The summed E-state index contributed by atoms with van der Waals surface area (Å²) in [6, 6.07) is 6.69. The van der Waals surface area contributed by atoms with Crippen molar-refractivity contribution in [3.63, 3.8) is 0 Å². The first kappa shape index (κ1) is 14.1. The number of halogens is 1. The molecule has 1 atom stereocenters. The van der Waals surface area contributed by atoms with Gasteiger partial charge in [-0.1, -0.05) is 32.1 Å². The van der Waals surface area contributed by atoms with E-state index in [9.17, 15) is 0 Å². The van der Waals surface area contributed by atoms with Gasteiger partial charge >= 0.3 is 0 Å². The third kappa shape index (κ3) is 2.66. The SMILES string of the molecule is CCC1=CC(C)(CC)Nc2cc(C)ccc21.Cl. The number of benzene rings is 1. The van der Waals surface area contributed by atoms with Gasteiger partial charge in [0, 0.05) is 11.3 Å². The molecule has 1 aromatic rings. The van der Waals surface area contributed by atoms with Gasteiger partial charge in [-0.2, -0.15) is 0 Å². The maximum atomic E-state index is 3.65. The molecule has 1 aromatic carbocycles. The Balaban J connectivity index is 0.00000144. The third-order valence-electron chi connectivity index (χ3n) is 3.55. The molecule has 1 aliphatic heterocycles. The van der Waals surface area contributed by atoms with Gasteiger partial charge in [0.2, 0.25) is 0 Å². The monoisotopic (exact) mass is 251 g/mol. The largest absolute Gasteiger partial charge is 0.376 e. The first-order valence-electron chi connectivity index (χ1n) is 6.19. The van der Waals surface area contributed by atoms with Crippen molar-refractivity contribution in [1.82, 2.24) is 0 Å². The summed E-state index contributed by atoms with van der Waals surface area (Å²) in [5.41, 5.74) is 5.58. The van der Waals surface area contributed by atoms with Crippen LogP contribution in [0.5, 0.6) is 0 Å². The van der Waals surface area contributed by atoms with E-state index < -0.39 is 0 Å². The topological polar surface area (TPSA) is 12.0 Å². The fourth-order valence-electron chi connectivity index (χ4n) is 2.33. The summed E-state index contributed by atoms with van der Waals surface area (Å²) in [4.78, 5) is 0. The first-order valence-corrected chi connectivity index (χ1v) is 6.19. The van der Waals surface area contributed by atoms with Crippen molar-refractivity contribution in [3.8, 4) is 0 Å². The number of fused-ring (bicyclic) bond motifs is 1. The van der Waals surface area contributed by atoms with Crippen molar-refractivity contribution >= 4 is 23.7 Å². The number of anilines is 1. The minimum absolute atomic E-state index is 0. The van der Waals surface area contributed by atoms with Gasteiger partial charge in [0.25, 0.3) is 0 Å². The van der Waals surface area contributed by atoms with Crippen LogP contribution in [0.4, 0.5) is 5.69 Å². The molecule has 17 heavy (non-hydrogen) atoms. The van der Waals surface area contributed by atoms with Gasteiger partial charge in [-0.25, -0.2) is 0 Å². The van der Waals surface area contributed by atoms with Crippen molar-refractivity contribution in [2.45, 2.75) is 46.1 Å². The molecule has 0 bridgehead atoms. The summed E-state index contributed by atoms with van der Waals surface area (Å²) in [5.74, 6) is 0. The second-order valence-corrected chi connectivity index (χ2v) is 4.97. The van der Waals surface area contributed by atoms with Crippen LogP contribution in [0, 0.1) is 6.92 Å². The van der Waals surface area contributed by atoms with Crippen molar-refractivity contribution in [3.05, 3.63) is 35.4 Å². The lowest BCUT2D eigenvalue weighted by atomic mass is 9.86. The van der Waals surface area contributed by atoms with Gasteiger partial charge in [0.05, 0.1) is 5.54 Å². The van der Waals surface area contributed by atoms with Crippen LogP contribution in [0.15, 0.2) is 24.3 Å². The number of hydrogen-bond acceptors (Lipinski definition) is 1. The maximum absolute atomic E-state index is 3.65. The minimum atomic E-state index is 0. The molecule has 1 unspecified atom stereocenters. The summed E-state index contributed by atoms with van der Waals surface area (Å²) in [6.45, 7) is 8.89. The maximum Gasteiger partial charge on any atom is 0.0531 e. The summed E-state index contributed by atoms with van der Waals surface area (Å²) in [6.07, 6.45) is 4.61. The smallest absolute Gasteiger partial charge is 0.0531 e. The molecule has 0 amide bonds. The van der Waals surface area contributed by atoms with Crippen LogP contribution in [-0.2, 0) is 0 Å². The average molecular weight is 252 g/mol. The molecule has 2 rings (SSSR count). The lowest BCUT2D eigenvalue weighted by Crippen LogP contribution is -2.34. The highest BCUT2D eigenvalue weighted by Crippen LogP contribution is 2.37. The van der Waals surface area contributed by atoms with Gasteiger partial charge in [0.1, 0.15) is 0 Å². The van der Waals surface area contributed by atoms with Crippen LogP contribution in [-0.4, -0.2) is 5.54 Å². The van der Waals surface area contributed by atoms with Crippen molar-refractivity contribution in [1.29, 1.82) is 0 Å². The van der Waals surface area contributed by atoms with E-state index in [0.717, 1.165) is 12.8 Å². The predicted octanol–water partition coefficient (Wildman–Crippen LogP) is 4.80. The van der Waals surface area contributed by atoms with Crippen LogP contribution >= 0.6 is 12.4 Å². The number of hydrogen-bond donors (Lipinski definition) is 1. The molecule has 0 spiro atoms. The molecule has 0 saturated carbocycles. The summed E-state index contributed by atoms with van der Waals surface area (Å²) >= 11 is 0. The minimum Gasteiger partial charge on any atom is -0.376 e. The highest BCUT2D eigenvalue weighted by atomic mass is 35.5.